The highest BCUT2D eigenvalue weighted by Crippen LogP contribution is 2.27. The minimum absolute atomic E-state index is 0.173. The zero-order valence-corrected chi connectivity index (χ0v) is 40.5. The molecular formula is C50H94O15. The predicted molar refractivity (Wildman–Crippen MR) is 248 cm³/mol. The summed E-state index contributed by atoms with van der Waals surface area (Å²) in [6.45, 7) is 2.57. The minimum Gasteiger partial charge on any atom is -0.462 e. The van der Waals surface area contributed by atoms with E-state index in [0.29, 0.717) is 12.8 Å². The van der Waals surface area contributed by atoms with Crippen LogP contribution in [0.2, 0.25) is 0 Å². The minimum atomic E-state index is -1.76. The fraction of sp³-hybridized carbons (Fsp3) is 0.960. The summed E-state index contributed by atoms with van der Waals surface area (Å²) >= 11 is 0. The monoisotopic (exact) mass is 935 g/mol. The molecule has 4 unspecified atom stereocenters. The third kappa shape index (κ3) is 26.7. The third-order valence-electron chi connectivity index (χ3n) is 12.8. The van der Waals surface area contributed by atoms with Crippen molar-refractivity contribution >= 4 is 11.9 Å². The number of hydrogen-bond donors (Lipinski definition) is 7. The number of carbonyl (C=O) groups is 2. The SMILES string of the molecule is CCCCCCCCCCCCCCCCCCCCCCCCC(=O)O[C@H](COC(=O)CCCCCCCCC)CO[C@H]1O[C@@H](CO[C@H]2O[C@@H](CO)[C@@H](O)C(O)C2O)[C@@H](O)C(O)C1O. The number of rotatable bonds is 41. The molecule has 2 rings (SSSR count). The van der Waals surface area contributed by atoms with E-state index in [9.17, 15) is 45.3 Å². The van der Waals surface area contributed by atoms with Crippen molar-refractivity contribution in [2.75, 3.05) is 26.4 Å². The Morgan fingerprint density at radius 3 is 1.20 bits per heavy atom. The quantitative estimate of drug-likeness (QED) is 0.0237. The zero-order valence-electron chi connectivity index (χ0n) is 40.5. The Labute approximate surface area is 391 Å². The molecule has 0 aromatic heterocycles. The highest BCUT2D eigenvalue weighted by molar-refractivity contribution is 5.70. The van der Waals surface area contributed by atoms with E-state index in [1.807, 2.05) is 0 Å². The Bertz CT molecular complexity index is 1150. The molecule has 2 aliphatic heterocycles. The van der Waals surface area contributed by atoms with Crippen molar-refractivity contribution in [3.63, 3.8) is 0 Å². The maximum Gasteiger partial charge on any atom is 0.306 e. The Morgan fingerprint density at radius 2 is 0.785 bits per heavy atom. The number of ether oxygens (including phenoxy) is 6. The third-order valence-corrected chi connectivity index (χ3v) is 12.8. The van der Waals surface area contributed by atoms with Gasteiger partial charge in [0.1, 0.15) is 55.4 Å². The van der Waals surface area contributed by atoms with Gasteiger partial charge in [-0.1, -0.05) is 187 Å². The van der Waals surface area contributed by atoms with Gasteiger partial charge in [-0.2, -0.15) is 0 Å². The van der Waals surface area contributed by atoms with Crippen LogP contribution in [0.4, 0.5) is 0 Å². The Balaban J connectivity index is 1.71. The fourth-order valence-electron chi connectivity index (χ4n) is 8.51. The first-order valence-electron chi connectivity index (χ1n) is 26.1. The number of hydrogen-bond acceptors (Lipinski definition) is 15. The van der Waals surface area contributed by atoms with E-state index < -0.39 is 92.7 Å². The maximum atomic E-state index is 13.0. The van der Waals surface area contributed by atoms with E-state index in [0.717, 1.165) is 44.9 Å². The van der Waals surface area contributed by atoms with Crippen molar-refractivity contribution in [2.24, 2.45) is 0 Å². The molecule has 0 aromatic carbocycles. The number of aliphatic hydroxyl groups excluding tert-OH is 7. The van der Waals surface area contributed by atoms with Crippen molar-refractivity contribution in [3.05, 3.63) is 0 Å². The van der Waals surface area contributed by atoms with E-state index in [4.69, 9.17) is 28.4 Å². The highest BCUT2D eigenvalue weighted by Gasteiger charge is 2.47. The zero-order chi connectivity index (χ0) is 47.5. The van der Waals surface area contributed by atoms with Gasteiger partial charge < -0.3 is 64.2 Å². The Hall–Kier alpha value is -1.50. The van der Waals surface area contributed by atoms with Gasteiger partial charge in [-0.05, 0) is 12.8 Å². The summed E-state index contributed by atoms with van der Waals surface area (Å²) in [6.07, 6.45) is 18.9. The van der Waals surface area contributed by atoms with Crippen molar-refractivity contribution in [3.8, 4) is 0 Å². The number of esters is 2. The summed E-state index contributed by atoms with van der Waals surface area (Å²) in [6, 6.07) is 0. The van der Waals surface area contributed by atoms with Gasteiger partial charge in [0.2, 0.25) is 0 Å². The maximum absolute atomic E-state index is 13.0. The van der Waals surface area contributed by atoms with E-state index >= 15 is 0 Å². The van der Waals surface area contributed by atoms with Gasteiger partial charge in [0.05, 0.1) is 19.8 Å². The molecule has 15 nitrogen and oxygen atoms in total. The molecule has 0 saturated carbocycles. The molecule has 0 bridgehead atoms. The predicted octanol–water partition coefficient (Wildman–Crippen LogP) is 7.22. The van der Waals surface area contributed by atoms with Crippen LogP contribution in [0.5, 0.6) is 0 Å². The van der Waals surface area contributed by atoms with Crippen LogP contribution in [0.1, 0.15) is 213 Å². The first-order chi connectivity index (χ1) is 31.5. The molecule has 2 fully saturated rings. The summed E-state index contributed by atoms with van der Waals surface area (Å²) < 4.78 is 33.5. The van der Waals surface area contributed by atoms with Gasteiger partial charge >= 0.3 is 11.9 Å². The van der Waals surface area contributed by atoms with Crippen molar-refractivity contribution in [2.45, 2.75) is 280 Å². The van der Waals surface area contributed by atoms with Crippen LogP contribution in [-0.4, -0.2) is 142 Å². The second-order valence-electron chi connectivity index (χ2n) is 18.7. The number of aliphatic hydroxyl groups is 7. The summed E-state index contributed by atoms with van der Waals surface area (Å²) in [5, 5.41) is 71.9. The lowest BCUT2D eigenvalue weighted by molar-refractivity contribution is -0.332. The lowest BCUT2D eigenvalue weighted by Crippen LogP contribution is -2.61. The normalized spacial score (nSPS) is 26.3. The topological polar surface area (TPSA) is 231 Å². The van der Waals surface area contributed by atoms with Crippen molar-refractivity contribution < 1.29 is 73.8 Å². The molecule has 2 heterocycles. The summed E-state index contributed by atoms with van der Waals surface area (Å²) in [5.74, 6) is -0.918. The molecule has 0 radical (unpaired) electrons. The molecule has 0 aromatic rings. The summed E-state index contributed by atoms with van der Waals surface area (Å²) in [7, 11) is 0. The fourth-order valence-corrected chi connectivity index (χ4v) is 8.51. The second-order valence-corrected chi connectivity index (χ2v) is 18.7. The average molecular weight is 935 g/mol. The van der Waals surface area contributed by atoms with Crippen LogP contribution in [0, 0.1) is 0 Å². The molecule has 2 saturated heterocycles. The number of unbranched alkanes of at least 4 members (excludes halogenated alkanes) is 27. The molecule has 384 valence electrons. The van der Waals surface area contributed by atoms with Crippen LogP contribution in [-0.2, 0) is 38.0 Å². The van der Waals surface area contributed by atoms with Gasteiger partial charge in [-0.3, -0.25) is 9.59 Å². The van der Waals surface area contributed by atoms with Crippen LogP contribution >= 0.6 is 0 Å². The van der Waals surface area contributed by atoms with E-state index in [1.54, 1.807) is 0 Å². The molecule has 7 N–H and O–H groups in total. The van der Waals surface area contributed by atoms with E-state index in [2.05, 4.69) is 13.8 Å². The molecule has 2 aliphatic rings. The molecule has 11 atom stereocenters. The highest BCUT2D eigenvalue weighted by atomic mass is 16.7. The molecule has 65 heavy (non-hydrogen) atoms. The first kappa shape index (κ1) is 59.6. The van der Waals surface area contributed by atoms with Gasteiger partial charge in [-0.15, -0.1) is 0 Å². The molecule has 15 heteroatoms. The Kier molecular flexibility index (Phi) is 35.2. The summed E-state index contributed by atoms with van der Waals surface area (Å²) in [4.78, 5) is 25.6. The van der Waals surface area contributed by atoms with Gasteiger partial charge in [-0.25, -0.2) is 0 Å². The van der Waals surface area contributed by atoms with E-state index in [1.165, 1.54) is 128 Å². The molecule has 0 aliphatic carbocycles. The second kappa shape index (κ2) is 38.4. The smallest absolute Gasteiger partial charge is 0.306 e. The van der Waals surface area contributed by atoms with Gasteiger partial charge in [0.25, 0.3) is 0 Å². The lowest BCUT2D eigenvalue weighted by Gasteiger charge is -2.42. The van der Waals surface area contributed by atoms with Gasteiger partial charge in [0, 0.05) is 12.8 Å². The largest absolute Gasteiger partial charge is 0.462 e. The standard InChI is InChI=1S/C50H94O15/c1-3-5-7-9-11-12-13-14-15-16-17-18-19-20-21-22-23-24-25-27-29-31-33-42(53)63-38(35-60-41(52)32-30-28-26-10-8-6-4-2)36-61-49-48(59)46(57)44(55)40(65-49)37-62-50-47(58)45(56)43(54)39(34-51)64-50/h38-40,43-51,54-59H,3-37H2,1-2H3/t38-,39+,40+,43-,44-,45?,46?,47?,48?,49+,50+/m1/s1. The van der Waals surface area contributed by atoms with Gasteiger partial charge in [0.15, 0.2) is 18.7 Å². The first-order valence-corrected chi connectivity index (χ1v) is 26.1. The molecule has 0 amide bonds. The molecular weight excluding hydrogens is 841 g/mol. The number of carbonyl (C=O) groups excluding carboxylic acids is 2. The van der Waals surface area contributed by atoms with Crippen LogP contribution in [0.15, 0.2) is 0 Å². The average Bonchev–Trinajstić information content (AvgIpc) is 3.30. The Morgan fingerprint density at radius 1 is 0.431 bits per heavy atom. The van der Waals surface area contributed by atoms with Crippen LogP contribution in [0.3, 0.4) is 0 Å². The van der Waals surface area contributed by atoms with Crippen molar-refractivity contribution in [1.82, 2.24) is 0 Å². The molecule has 0 spiro atoms. The lowest BCUT2D eigenvalue weighted by atomic mass is 9.98. The van der Waals surface area contributed by atoms with E-state index in [-0.39, 0.29) is 26.1 Å². The van der Waals surface area contributed by atoms with Crippen LogP contribution < -0.4 is 0 Å². The van der Waals surface area contributed by atoms with Crippen LogP contribution in [0.25, 0.3) is 0 Å². The van der Waals surface area contributed by atoms with Crippen molar-refractivity contribution in [1.29, 1.82) is 0 Å². The summed E-state index contributed by atoms with van der Waals surface area (Å²) in [5.41, 5.74) is 0.